The molecule has 2 unspecified atom stereocenters. The average Bonchev–Trinajstić information content (AvgIpc) is 2.18. The Morgan fingerprint density at radius 3 is 3.00 bits per heavy atom. The van der Waals surface area contributed by atoms with Crippen molar-refractivity contribution >= 4 is 31.9 Å². The second kappa shape index (κ2) is 4.53. The molecule has 2 aliphatic heterocycles. The Morgan fingerprint density at radius 2 is 2.29 bits per heavy atom. The fraction of sp³-hybridized carbons (Fsp3) is 0.400. The summed E-state index contributed by atoms with van der Waals surface area (Å²) in [4.78, 5) is 0.473. The van der Waals surface area contributed by atoms with Gasteiger partial charge >= 0.3 is 0 Å². The molecule has 0 saturated heterocycles. The van der Waals surface area contributed by atoms with Crippen LogP contribution in [-0.4, -0.2) is 17.4 Å². The Morgan fingerprint density at radius 1 is 1.43 bits per heavy atom. The van der Waals surface area contributed by atoms with Gasteiger partial charge in [-0.05, 0) is 18.7 Å². The summed E-state index contributed by atoms with van der Waals surface area (Å²) in [5, 5.41) is 6.73. The number of rotatable bonds is 1. The van der Waals surface area contributed by atoms with Crippen LogP contribution in [0, 0.1) is 0 Å². The highest BCUT2D eigenvalue weighted by atomic mass is 79.9. The van der Waals surface area contributed by atoms with Crippen LogP contribution in [0.15, 0.2) is 34.6 Å². The molecule has 0 aromatic heterocycles. The highest BCUT2D eigenvalue weighted by molar-refractivity contribution is 9.11. The van der Waals surface area contributed by atoms with E-state index < -0.39 is 0 Å². The third kappa shape index (κ3) is 2.42. The standard InChI is InChI=1S/C10H12Br2N2/c11-7-1-3-13-9(5-7)10-6-8(12)2-4-14-10/h1-3,6-7,9,13-14H,4-5H2. The lowest BCUT2D eigenvalue weighted by Gasteiger charge is -2.28. The van der Waals surface area contributed by atoms with E-state index >= 15 is 0 Å². The molecule has 2 heterocycles. The summed E-state index contributed by atoms with van der Waals surface area (Å²) in [5.41, 5.74) is 1.26. The molecule has 14 heavy (non-hydrogen) atoms. The first-order valence-electron chi connectivity index (χ1n) is 4.63. The van der Waals surface area contributed by atoms with Crippen molar-refractivity contribution in [2.45, 2.75) is 17.3 Å². The molecule has 76 valence electrons. The third-order valence-electron chi connectivity index (χ3n) is 2.34. The quantitative estimate of drug-likeness (QED) is 0.725. The Hall–Kier alpha value is -0.220. The Balaban J connectivity index is 2.08. The van der Waals surface area contributed by atoms with E-state index in [-0.39, 0.29) is 0 Å². The first-order valence-corrected chi connectivity index (χ1v) is 6.34. The van der Waals surface area contributed by atoms with E-state index in [1.165, 1.54) is 5.70 Å². The van der Waals surface area contributed by atoms with Gasteiger partial charge in [0.25, 0.3) is 0 Å². The van der Waals surface area contributed by atoms with Crippen LogP contribution in [-0.2, 0) is 0 Å². The van der Waals surface area contributed by atoms with Crippen LogP contribution in [0.5, 0.6) is 0 Å². The summed E-state index contributed by atoms with van der Waals surface area (Å²) >= 11 is 7.10. The van der Waals surface area contributed by atoms with Crippen LogP contribution in [0.25, 0.3) is 0 Å². The van der Waals surface area contributed by atoms with Gasteiger partial charge in [0.2, 0.25) is 0 Å². The second-order valence-electron chi connectivity index (χ2n) is 3.40. The van der Waals surface area contributed by atoms with Gasteiger partial charge in [0.15, 0.2) is 0 Å². The summed E-state index contributed by atoms with van der Waals surface area (Å²) < 4.78 is 1.16. The van der Waals surface area contributed by atoms with Gasteiger partial charge in [-0.2, -0.15) is 0 Å². The van der Waals surface area contributed by atoms with Crippen molar-refractivity contribution in [1.29, 1.82) is 0 Å². The minimum Gasteiger partial charge on any atom is -0.383 e. The zero-order valence-corrected chi connectivity index (χ0v) is 10.8. The highest BCUT2D eigenvalue weighted by Gasteiger charge is 2.20. The van der Waals surface area contributed by atoms with Crippen molar-refractivity contribution < 1.29 is 0 Å². The fourth-order valence-electron chi connectivity index (χ4n) is 1.61. The molecule has 2 atom stereocenters. The lowest BCUT2D eigenvalue weighted by atomic mass is 10.0. The lowest BCUT2D eigenvalue weighted by molar-refractivity contribution is 0.564. The maximum Gasteiger partial charge on any atom is 0.0668 e. The highest BCUT2D eigenvalue weighted by Crippen LogP contribution is 2.21. The number of hydrogen-bond acceptors (Lipinski definition) is 2. The molecule has 0 aliphatic carbocycles. The third-order valence-corrected chi connectivity index (χ3v) is 3.57. The van der Waals surface area contributed by atoms with E-state index in [9.17, 15) is 0 Å². The summed E-state index contributed by atoms with van der Waals surface area (Å²) in [6, 6.07) is 0.394. The molecule has 2 aliphatic rings. The first-order chi connectivity index (χ1) is 6.75. The van der Waals surface area contributed by atoms with E-state index in [1.54, 1.807) is 0 Å². The van der Waals surface area contributed by atoms with E-state index in [0.717, 1.165) is 17.4 Å². The van der Waals surface area contributed by atoms with Crippen LogP contribution < -0.4 is 10.6 Å². The maximum atomic E-state index is 3.60. The van der Waals surface area contributed by atoms with E-state index in [0.29, 0.717) is 10.9 Å². The number of allylic oxidation sites excluding steroid dienone is 3. The number of halogens is 2. The van der Waals surface area contributed by atoms with Gasteiger partial charge < -0.3 is 10.6 Å². The normalized spacial score (nSPS) is 31.3. The van der Waals surface area contributed by atoms with Gasteiger partial charge in [-0.15, -0.1) is 0 Å². The molecule has 0 aromatic carbocycles. The Labute approximate surface area is 101 Å². The molecule has 0 amide bonds. The van der Waals surface area contributed by atoms with Gasteiger partial charge in [-0.25, -0.2) is 0 Å². The SMILES string of the molecule is BrC1=CCNC(C2CC(Br)C=CN2)=C1. The van der Waals surface area contributed by atoms with E-state index in [2.05, 4.69) is 60.7 Å². The predicted molar refractivity (Wildman–Crippen MR) is 66.5 cm³/mol. The molecule has 2 rings (SSSR count). The smallest absolute Gasteiger partial charge is 0.0668 e. The zero-order chi connectivity index (χ0) is 9.97. The van der Waals surface area contributed by atoms with Crippen LogP contribution in [0.3, 0.4) is 0 Å². The van der Waals surface area contributed by atoms with E-state index in [4.69, 9.17) is 0 Å². The van der Waals surface area contributed by atoms with Crippen LogP contribution in [0.1, 0.15) is 6.42 Å². The zero-order valence-electron chi connectivity index (χ0n) is 7.63. The molecule has 4 heteroatoms. The largest absolute Gasteiger partial charge is 0.383 e. The van der Waals surface area contributed by atoms with Crippen molar-refractivity contribution in [3.05, 3.63) is 34.6 Å². The number of dihydropyridines is 1. The van der Waals surface area contributed by atoms with Crippen LogP contribution in [0.4, 0.5) is 0 Å². The number of hydrogen-bond donors (Lipinski definition) is 2. The maximum absolute atomic E-state index is 3.60. The van der Waals surface area contributed by atoms with Gasteiger partial charge in [-0.3, -0.25) is 0 Å². The van der Waals surface area contributed by atoms with Crippen LogP contribution >= 0.6 is 31.9 Å². The Kier molecular flexibility index (Phi) is 3.34. The van der Waals surface area contributed by atoms with Gasteiger partial charge in [0, 0.05) is 21.6 Å². The van der Waals surface area contributed by atoms with Gasteiger partial charge in [0.05, 0.1) is 6.04 Å². The summed E-state index contributed by atoms with van der Waals surface area (Å²) in [5.74, 6) is 0. The lowest BCUT2D eigenvalue weighted by Crippen LogP contribution is -2.38. The predicted octanol–water partition coefficient (Wildman–Crippen LogP) is 2.39. The van der Waals surface area contributed by atoms with Crippen molar-refractivity contribution in [2.75, 3.05) is 6.54 Å². The molecule has 2 nitrogen and oxygen atoms in total. The van der Waals surface area contributed by atoms with Crippen LogP contribution in [0.2, 0.25) is 0 Å². The van der Waals surface area contributed by atoms with Crippen molar-refractivity contribution in [2.24, 2.45) is 0 Å². The minimum absolute atomic E-state index is 0.394. The van der Waals surface area contributed by atoms with Gasteiger partial charge in [-0.1, -0.05) is 44.0 Å². The fourth-order valence-corrected chi connectivity index (χ4v) is 2.55. The second-order valence-corrected chi connectivity index (χ2v) is 5.49. The monoisotopic (exact) mass is 318 g/mol. The molecule has 0 aromatic rings. The number of nitrogens with one attached hydrogen (secondary N) is 2. The molecule has 0 fully saturated rings. The van der Waals surface area contributed by atoms with Gasteiger partial charge in [0.1, 0.15) is 0 Å². The summed E-state index contributed by atoms with van der Waals surface area (Å²) in [6.07, 6.45) is 9.48. The van der Waals surface area contributed by atoms with Crippen molar-refractivity contribution in [1.82, 2.24) is 10.6 Å². The topological polar surface area (TPSA) is 24.1 Å². The number of alkyl halides is 1. The average molecular weight is 320 g/mol. The minimum atomic E-state index is 0.394. The molecular weight excluding hydrogens is 308 g/mol. The Bertz CT molecular complexity index is 307. The van der Waals surface area contributed by atoms with Crippen molar-refractivity contribution in [3.8, 4) is 0 Å². The molecule has 2 N–H and O–H groups in total. The summed E-state index contributed by atoms with van der Waals surface area (Å²) in [6.45, 7) is 0.904. The molecule has 0 bridgehead atoms. The molecule has 0 spiro atoms. The molecular formula is C10H12Br2N2. The summed E-state index contributed by atoms with van der Waals surface area (Å²) in [7, 11) is 0. The van der Waals surface area contributed by atoms with Crippen molar-refractivity contribution in [3.63, 3.8) is 0 Å². The molecule has 0 saturated carbocycles. The first kappa shape index (κ1) is 10.3. The molecule has 0 radical (unpaired) electrons. The van der Waals surface area contributed by atoms with E-state index in [1.807, 2.05) is 6.20 Å².